The van der Waals surface area contributed by atoms with Crippen LogP contribution in [0.5, 0.6) is 0 Å². The van der Waals surface area contributed by atoms with E-state index >= 15 is 0 Å². The number of nitrogens with zero attached hydrogens (tertiary/aromatic N) is 2. The van der Waals surface area contributed by atoms with E-state index < -0.39 is 11.7 Å². The SMILES string of the molecule is CSc1cccc(CCc2c(CCc3cccc(C#N)c3)ccc(CCc3cccc(C(F)(F)F)c3)c2[N+](=O)[O-])c1. The van der Waals surface area contributed by atoms with E-state index in [0.717, 1.165) is 33.7 Å². The Morgan fingerprint density at radius 3 is 2.02 bits per heavy atom. The fraction of sp³-hybridized carbons (Fsp3) is 0.242. The number of hydrogen-bond donors (Lipinski definition) is 0. The van der Waals surface area contributed by atoms with E-state index in [9.17, 15) is 28.5 Å². The van der Waals surface area contributed by atoms with Crippen LogP contribution in [0.3, 0.4) is 0 Å². The monoisotopic (exact) mass is 574 g/mol. The van der Waals surface area contributed by atoms with Crippen molar-refractivity contribution >= 4 is 17.4 Å². The molecule has 4 rings (SSSR count). The fourth-order valence-corrected chi connectivity index (χ4v) is 5.51. The van der Waals surface area contributed by atoms with Gasteiger partial charge in [0, 0.05) is 16.0 Å². The molecular formula is C33H29F3N2O2S. The number of nitriles is 1. The van der Waals surface area contributed by atoms with E-state index in [0.29, 0.717) is 47.9 Å². The lowest BCUT2D eigenvalue weighted by Gasteiger charge is -2.15. The number of halogens is 3. The number of nitro groups is 1. The molecule has 0 N–H and O–H groups in total. The number of benzene rings is 4. The summed E-state index contributed by atoms with van der Waals surface area (Å²) in [6, 6.07) is 26.3. The quantitative estimate of drug-likeness (QED) is 0.102. The number of hydrogen-bond acceptors (Lipinski definition) is 4. The lowest BCUT2D eigenvalue weighted by atomic mass is 9.90. The van der Waals surface area contributed by atoms with Gasteiger partial charge in [-0.05, 0) is 97.4 Å². The van der Waals surface area contributed by atoms with Crippen LogP contribution >= 0.6 is 11.8 Å². The van der Waals surface area contributed by atoms with Gasteiger partial charge in [0.1, 0.15) is 0 Å². The van der Waals surface area contributed by atoms with Crippen LogP contribution in [0, 0.1) is 21.4 Å². The van der Waals surface area contributed by atoms with Crippen LogP contribution in [0.1, 0.15) is 44.5 Å². The van der Waals surface area contributed by atoms with E-state index in [-0.39, 0.29) is 23.5 Å². The Morgan fingerprint density at radius 1 is 0.780 bits per heavy atom. The average Bonchev–Trinajstić information content (AvgIpc) is 2.97. The maximum absolute atomic E-state index is 13.2. The Kier molecular flexibility index (Phi) is 9.85. The van der Waals surface area contributed by atoms with Crippen LogP contribution in [-0.4, -0.2) is 11.2 Å². The summed E-state index contributed by atoms with van der Waals surface area (Å²) in [6.07, 6.45) is 0.295. The van der Waals surface area contributed by atoms with Gasteiger partial charge in [-0.25, -0.2) is 0 Å². The molecule has 0 aliphatic heterocycles. The Morgan fingerprint density at radius 2 is 1.37 bits per heavy atom. The van der Waals surface area contributed by atoms with E-state index in [1.807, 2.05) is 48.7 Å². The van der Waals surface area contributed by atoms with E-state index in [4.69, 9.17) is 0 Å². The number of rotatable bonds is 11. The zero-order valence-corrected chi connectivity index (χ0v) is 23.4. The van der Waals surface area contributed by atoms with Crippen LogP contribution in [0.2, 0.25) is 0 Å². The van der Waals surface area contributed by atoms with Gasteiger partial charge in [-0.3, -0.25) is 10.1 Å². The molecule has 4 aromatic carbocycles. The van der Waals surface area contributed by atoms with Gasteiger partial charge in [-0.1, -0.05) is 54.6 Å². The zero-order chi connectivity index (χ0) is 29.4. The lowest BCUT2D eigenvalue weighted by Crippen LogP contribution is -2.09. The molecule has 4 nitrogen and oxygen atoms in total. The predicted octanol–water partition coefficient (Wildman–Crippen LogP) is 8.56. The summed E-state index contributed by atoms with van der Waals surface area (Å²) in [4.78, 5) is 13.2. The molecule has 41 heavy (non-hydrogen) atoms. The highest BCUT2D eigenvalue weighted by Crippen LogP contribution is 2.33. The molecule has 0 fully saturated rings. The molecule has 8 heteroatoms. The molecule has 0 aliphatic carbocycles. The first-order valence-corrected chi connectivity index (χ1v) is 14.5. The second-order valence-corrected chi connectivity index (χ2v) is 10.7. The maximum atomic E-state index is 13.2. The van der Waals surface area contributed by atoms with Crippen LogP contribution in [-0.2, 0) is 44.7 Å². The molecule has 0 saturated heterocycles. The summed E-state index contributed by atoms with van der Waals surface area (Å²) in [5, 5.41) is 21.7. The number of nitro benzene ring substituents is 1. The van der Waals surface area contributed by atoms with Gasteiger partial charge in [0.05, 0.1) is 22.1 Å². The molecule has 0 atom stereocenters. The second kappa shape index (κ2) is 13.5. The highest BCUT2D eigenvalue weighted by Gasteiger charge is 2.30. The van der Waals surface area contributed by atoms with Crippen molar-refractivity contribution in [2.24, 2.45) is 0 Å². The number of alkyl halides is 3. The highest BCUT2D eigenvalue weighted by molar-refractivity contribution is 7.98. The average molecular weight is 575 g/mol. The molecule has 0 aromatic heterocycles. The zero-order valence-electron chi connectivity index (χ0n) is 22.6. The normalized spacial score (nSPS) is 11.3. The largest absolute Gasteiger partial charge is 0.416 e. The first-order valence-electron chi connectivity index (χ1n) is 13.2. The van der Waals surface area contributed by atoms with Crippen LogP contribution in [0.4, 0.5) is 18.9 Å². The standard InChI is InChI=1S/C33H29F3N2O2S/c1-41-30-10-4-7-25(21-30)13-18-31-27(14-11-23-5-2-8-26(19-23)22-37)16-17-28(32(31)38(39)40)15-12-24-6-3-9-29(20-24)33(34,35)36/h2-10,16-17,19-21H,11-15,18H2,1H3. The minimum Gasteiger partial charge on any atom is -0.258 e. The predicted molar refractivity (Wildman–Crippen MR) is 156 cm³/mol. The van der Waals surface area contributed by atoms with Crippen molar-refractivity contribution in [1.29, 1.82) is 5.26 Å². The van der Waals surface area contributed by atoms with E-state index in [1.165, 1.54) is 6.07 Å². The molecular weight excluding hydrogens is 545 g/mol. The minimum absolute atomic E-state index is 0.0428. The molecule has 0 unspecified atom stereocenters. The molecule has 0 radical (unpaired) electrons. The number of aryl methyl sites for hydroxylation is 5. The van der Waals surface area contributed by atoms with Gasteiger partial charge in [-0.2, -0.15) is 18.4 Å². The van der Waals surface area contributed by atoms with E-state index in [2.05, 4.69) is 12.1 Å². The molecule has 0 bridgehead atoms. The van der Waals surface area contributed by atoms with Crippen molar-refractivity contribution in [2.75, 3.05) is 6.26 Å². The van der Waals surface area contributed by atoms with Crippen LogP contribution < -0.4 is 0 Å². The Hall–Kier alpha value is -4.09. The summed E-state index contributed by atoms with van der Waals surface area (Å²) in [6.45, 7) is 0. The van der Waals surface area contributed by atoms with Crippen molar-refractivity contribution in [3.63, 3.8) is 0 Å². The first-order chi connectivity index (χ1) is 19.7. The Balaban J connectivity index is 1.66. The second-order valence-electron chi connectivity index (χ2n) is 9.83. The summed E-state index contributed by atoms with van der Waals surface area (Å²) < 4.78 is 39.6. The lowest BCUT2D eigenvalue weighted by molar-refractivity contribution is -0.386. The topological polar surface area (TPSA) is 66.9 Å². The van der Waals surface area contributed by atoms with Gasteiger partial charge >= 0.3 is 6.18 Å². The van der Waals surface area contributed by atoms with Crippen molar-refractivity contribution in [3.8, 4) is 6.07 Å². The maximum Gasteiger partial charge on any atom is 0.416 e. The summed E-state index contributed by atoms with van der Waals surface area (Å²) in [5.74, 6) is 0. The molecule has 0 saturated carbocycles. The third kappa shape index (κ3) is 7.99. The summed E-state index contributed by atoms with van der Waals surface area (Å²) >= 11 is 1.63. The summed E-state index contributed by atoms with van der Waals surface area (Å²) in [7, 11) is 0. The Labute approximate surface area is 242 Å². The van der Waals surface area contributed by atoms with Gasteiger partial charge in [0.25, 0.3) is 5.69 Å². The fourth-order valence-electron chi connectivity index (χ4n) is 5.02. The van der Waals surface area contributed by atoms with Gasteiger partial charge < -0.3 is 0 Å². The van der Waals surface area contributed by atoms with Crippen molar-refractivity contribution in [1.82, 2.24) is 0 Å². The summed E-state index contributed by atoms with van der Waals surface area (Å²) in [5.41, 5.74) is 4.43. The molecule has 0 spiro atoms. The van der Waals surface area contributed by atoms with Crippen molar-refractivity contribution in [2.45, 2.75) is 49.6 Å². The highest BCUT2D eigenvalue weighted by atomic mass is 32.2. The number of thioether (sulfide) groups is 1. The van der Waals surface area contributed by atoms with E-state index in [1.54, 1.807) is 30.0 Å². The van der Waals surface area contributed by atoms with Gasteiger partial charge in [0.2, 0.25) is 0 Å². The molecule has 0 aliphatic rings. The molecule has 210 valence electrons. The minimum atomic E-state index is -4.45. The Bertz CT molecular complexity index is 1580. The smallest absolute Gasteiger partial charge is 0.258 e. The molecule has 4 aromatic rings. The first kappa shape index (κ1) is 29.9. The third-order valence-electron chi connectivity index (χ3n) is 7.12. The molecule has 0 amide bonds. The van der Waals surface area contributed by atoms with Crippen molar-refractivity contribution in [3.05, 3.63) is 140 Å². The van der Waals surface area contributed by atoms with Gasteiger partial charge in [0.15, 0.2) is 0 Å². The van der Waals surface area contributed by atoms with Crippen LogP contribution in [0.25, 0.3) is 0 Å². The molecule has 0 heterocycles. The third-order valence-corrected chi connectivity index (χ3v) is 7.85. The van der Waals surface area contributed by atoms with Crippen molar-refractivity contribution < 1.29 is 18.1 Å². The van der Waals surface area contributed by atoms with Crippen LogP contribution in [0.15, 0.2) is 89.8 Å². The van der Waals surface area contributed by atoms with Gasteiger partial charge in [-0.15, -0.1) is 11.8 Å².